The lowest BCUT2D eigenvalue weighted by molar-refractivity contribution is -0.130. The van der Waals surface area contributed by atoms with Gasteiger partial charge in [0.1, 0.15) is 5.54 Å². The minimum Gasteiger partial charge on any atom is -0.324 e. The van der Waals surface area contributed by atoms with E-state index in [1.165, 1.54) is 4.90 Å². The molecule has 3 aromatic carbocycles. The zero-order valence-corrected chi connectivity index (χ0v) is 15.4. The topological polar surface area (TPSA) is 78.5 Å². The number of amides is 3. The van der Waals surface area contributed by atoms with E-state index in [-0.39, 0.29) is 17.7 Å². The molecule has 0 saturated carbocycles. The van der Waals surface area contributed by atoms with Crippen molar-refractivity contribution in [2.24, 2.45) is 11.8 Å². The van der Waals surface area contributed by atoms with Crippen LogP contribution in [0.1, 0.15) is 5.56 Å². The fraction of sp³-hybridized carbons (Fsp3) is 0.174. The van der Waals surface area contributed by atoms with Crippen LogP contribution >= 0.6 is 0 Å². The van der Waals surface area contributed by atoms with Gasteiger partial charge in [-0.25, -0.2) is 4.90 Å². The number of anilines is 2. The first-order chi connectivity index (χ1) is 14.1. The van der Waals surface area contributed by atoms with Crippen LogP contribution in [0.5, 0.6) is 0 Å². The summed E-state index contributed by atoms with van der Waals surface area (Å²) in [6, 6.07) is 20.7. The minimum atomic E-state index is -1.19. The molecule has 2 fully saturated rings. The van der Waals surface area contributed by atoms with Crippen molar-refractivity contribution in [1.29, 1.82) is 0 Å². The Balaban J connectivity index is 1.47. The molecule has 2 N–H and O–H groups in total. The van der Waals surface area contributed by atoms with E-state index in [1.807, 2.05) is 60.7 Å². The number of imide groups is 1. The summed E-state index contributed by atoms with van der Waals surface area (Å²) in [7, 11) is 0. The molecule has 3 amide bonds. The second-order valence-electron chi connectivity index (χ2n) is 7.82. The van der Waals surface area contributed by atoms with Gasteiger partial charge in [-0.3, -0.25) is 19.7 Å². The molecule has 0 radical (unpaired) electrons. The summed E-state index contributed by atoms with van der Waals surface area (Å²) in [5.41, 5.74) is 0.781. The maximum atomic E-state index is 13.5. The van der Waals surface area contributed by atoms with Crippen molar-refractivity contribution >= 4 is 39.9 Å². The molecule has 3 aromatic rings. The fourth-order valence-corrected chi connectivity index (χ4v) is 5.13. The molecule has 3 heterocycles. The van der Waals surface area contributed by atoms with Crippen LogP contribution in [0.3, 0.4) is 0 Å². The van der Waals surface area contributed by atoms with Gasteiger partial charge in [-0.15, -0.1) is 0 Å². The summed E-state index contributed by atoms with van der Waals surface area (Å²) >= 11 is 0. The van der Waals surface area contributed by atoms with Crippen molar-refractivity contribution in [2.75, 3.05) is 16.8 Å². The number of benzene rings is 3. The van der Waals surface area contributed by atoms with Crippen molar-refractivity contribution in [3.63, 3.8) is 0 Å². The second kappa shape index (κ2) is 5.52. The van der Waals surface area contributed by atoms with E-state index in [9.17, 15) is 14.4 Å². The van der Waals surface area contributed by atoms with E-state index in [4.69, 9.17) is 0 Å². The highest BCUT2D eigenvalue weighted by atomic mass is 16.2. The number of para-hydroxylation sites is 1. The molecule has 0 aromatic heterocycles. The van der Waals surface area contributed by atoms with E-state index >= 15 is 0 Å². The third kappa shape index (κ3) is 1.96. The van der Waals surface area contributed by atoms with Gasteiger partial charge in [0, 0.05) is 17.8 Å². The summed E-state index contributed by atoms with van der Waals surface area (Å²) in [6.45, 7) is 0.293. The smallest absolute Gasteiger partial charge is 0.250 e. The molecule has 0 aliphatic carbocycles. The van der Waals surface area contributed by atoms with Gasteiger partial charge in [-0.1, -0.05) is 48.5 Å². The first-order valence-electron chi connectivity index (χ1n) is 9.64. The zero-order valence-electron chi connectivity index (χ0n) is 15.4. The Bertz CT molecular complexity index is 1240. The Morgan fingerprint density at radius 3 is 2.48 bits per heavy atom. The number of rotatable bonds is 1. The normalized spacial score (nSPS) is 27.6. The van der Waals surface area contributed by atoms with Crippen molar-refractivity contribution in [3.8, 4) is 0 Å². The Morgan fingerprint density at radius 1 is 0.862 bits per heavy atom. The second-order valence-corrected chi connectivity index (χ2v) is 7.82. The van der Waals surface area contributed by atoms with Crippen molar-refractivity contribution in [2.45, 2.75) is 5.54 Å². The Hall–Kier alpha value is -3.51. The first kappa shape index (κ1) is 16.4. The SMILES string of the molecule is O=C1[C@H]2CN[C@@]3(C(=O)Nc4ccccc43)[C@@H]2C(=O)N1c1ccc2ccccc2c1. The molecule has 3 aliphatic rings. The standard InChI is InChI=1S/C23H17N3O3/c27-20-16-12-24-23(17-7-3-4-8-18(17)25-22(23)29)19(16)21(28)26(20)15-10-9-13-5-1-2-6-14(13)11-15/h1-11,16,19,24H,12H2,(H,25,29)/t16-,19-,23+/m0/s1. The summed E-state index contributed by atoms with van der Waals surface area (Å²) < 4.78 is 0. The van der Waals surface area contributed by atoms with E-state index in [1.54, 1.807) is 6.07 Å². The maximum Gasteiger partial charge on any atom is 0.250 e. The van der Waals surface area contributed by atoms with Crippen LogP contribution in [0, 0.1) is 11.8 Å². The molecule has 29 heavy (non-hydrogen) atoms. The predicted molar refractivity (Wildman–Crippen MR) is 108 cm³/mol. The van der Waals surface area contributed by atoms with Gasteiger partial charge >= 0.3 is 0 Å². The van der Waals surface area contributed by atoms with Crippen LogP contribution in [0.4, 0.5) is 11.4 Å². The molecule has 3 aliphatic heterocycles. The number of hydrogen-bond acceptors (Lipinski definition) is 4. The van der Waals surface area contributed by atoms with Crippen molar-refractivity contribution in [1.82, 2.24) is 5.32 Å². The van der Waals surface area contributed by atoms with Crippen LogP contribution < -0.4 is 15.5 Å². The van der Waals surface area contributed by atoms with Gasteiger partial charge in [0.05, 0.1) is 17.5 Å². The van der Waals surface area contributed by atoms with Crippen LogP contribution in [-0.4, -0.2) is 24.3 Å². The Labute approximate surface area is 166 Å². The summed E-state index contributed by atoms with van der Waals surface area (Å²) in [5.74, 6) is -2.17. The Kier molecular flexibility index (Phi) is 3.13. The van der Waals surface area contributed by atoms with E-state index in [0.29, 0.717) is 17.9 Å². The largest absolute Gasteiger partial charge is 0.324 e. The molecular formula is C23H17N3O3. The van der Waals surface area contributed by atoms with Crippen LogP contribution in [0.2, 0.25) is 0 Å². The average molecular weight is 383 g/mol. The number of nitrogens with zero attached hydrogens (tertiary/aromatic N) is 1. The lowest BCUT2D eigenvalue weighted by Gasteiger charge is -2.28. The third-order valence-corrected chi connectivity index (χ3v) is 6.44. The maximum absolute atomic E-state index is 13.5. The van der Waals surface area contributed by atoms with E-state index in [0.717, 1.165) is 16.3 Å². The molecule has 2 saturated heterocycles. The molecule has 6 heteroatoms. The molecule has 6 nitrogen and oxygen atoms in total. The number of hydrogen-bond donors (Lipinski definition) is 2. The molecule has 0 bridgehead atoms. The van der Waals surface area contributed by atoms with Crippen LogP contribution in [0.15, 0.2) is 66.7 Å². The average Bonchev–Trinajstić information content (AvgIpc) is 3.35. The lowest BCUT2D eigenvalue weighted by atomic mass is 9.77. The van der Waals surface area contributed by atoms with Gasteiger partial charge < -0.3 is 5.32 Å². The Morgan fingerprint density at radius 2 is 1.62 bits per heavy atom. The number of carbonyl (C=O) groups excluding carboxylic acids is 3. The van der Waals surface area contributed by atoms with Crippen LogP contribution in [-0.2, 0) is 19.9 Å². The van der Waals surface area contributed by atoms with Gasteiger partial charge in [-0.2, -0.15) is 0 Å². The lowest BCUT2D eigenvalue weighted by Crippen LogP contribution is -2.51. The van der Waals surface area contributed by atoms with Gasteiger partial charge in [0.2, 0.25) is 17.7 Å². The monoisotopic (exact) mass is 383 g/mol. The number of carbonyl (C=O) groups is 3. The third-order valence-electron chi connectivity index (χ3n) is 6.44. The number of nitrogens with one attached hydrogen (secondary N) is 2. The van der Waals surface area contributed by atoms with E-state index in [2.05, 4.69) is 10.6 Å². The number of fused-ring (bicyclic) bond motifs is 5. The predicted octanol–water partition coefficient (Wildman–Crippen LogP) is 2.40. The van der Waals surface area contributed by atoms with Crippen LogP contribution in [0.25, 0.3) is 10.8 Å². The van der Waals surface area contributed by atoms with Gasteiger partial charge in [0.25, 0.3) is 0 Å². The highest BCUT2D eigenvalue weighted by molar-refractivity contribution is 6.26. The summed E-state index contributed by atoms with van der Waals surface area (Å²) in [6.07, 6.45) is 0. The fourth-order valence-electron chi connectivity index (χ4n) is 5.13. The molecule has 0 unspecified atom stereocenters. The highest BCUT2D eigenvalue weighted by Gasteiger charge is 2.67. The quantitative estimate of drug-likeness (QED) is 0.633. The molecule has 6 rings (SSSR count). The molecular weight excluding hydrogens is 366 g/mol. The van der Waals surface area contributed by atoms with Gasteiger partial charge in [0.15, 0.2) is 0 Å². The summed E-state index contributed by atoms with van der Waals surface area (Å²) in [5, 5.41) is 8.09. The summed E-state index contributed by atoms with van der Waals surface area (Å²) in [4.78, 5) is 41.0. The highest BCUT2D eigenvalue weighted by Crippen LogP contribution is 2.51. The molecule has 3 atom stereocenters. The van der Waals surface area contributed by atoms with Crippen molar-refractivity contribution < 1.29 is 14.4 Å². The van der Waals surface area contributed by atoms with E-state index < -0.39 is 17.4 Å². The molecule has 1 spiro atoms. The minimum absolute atomic E-state index is 0.253. The zero-order chi connectivity index (χ0) is 19.8. The first-order valence-corrected chi connectivity index (χ1v) is 9.64. The van der Waals surface area contributed by atoms with Crippen molar-refractivity contribution in [3.05, 3.63) is 72.3 Å². The molecule has 142 valence electrons. The van der Waals surface area contributed by atoms with Gasteiger partial charge in [-0.05, 0) is 29.0 Å².